The number of hydrogen-bond acceptors (Lipinski definition) is 6. The van der Waals surface area contributed by atoms with E-state index in [1.807, 2.05) is 35.7 Å². The molecular formula is C19H21F3N2O2S2. The number of rotatable bonds is 6. The van der Waals surface area contributed by atoms with Crippen molar-refractivity contribution in [1.29, 1.82) is 0 Å². The van der Waals surface area contributed by atoms with Crippen LogP contribution in [0.3, 0.4) is 0 Å². The van der Waals surface area contributed by atoms with Gasteiger partial charge in [0.2, 0.25) is 0 Å². The van der Waals surface area contributed by atoms with Crippen LogP contribution in [-0.2, 0) is 10.3 Å². The Kier molecular flexibility index (Phi) is 6.38. The lowest BCUT2D eigenvalue weighted by atomic mass is 9.95. The van der Waals surface area contributed by atoms with Crippen LogP contribution < -0.4 is 0 Å². The topological polar surface area (TPSA) is 45.1 Å². The van der Waals surface area contributed by atoms with E-state index in [1.165, 1.54) is 4.90 Å². The molecule has 1 aliphatic rings. The molecule has 0 aliphatic carbocycles. The molecule has 1 saturated heterocycles. The van der Waals surface area contributed by atoms with Gasteiger partial charge < -0.3 is 9.94 Å². The number of ether oxygens (including phenoxy) is 1. The molecule has 0 spiro atoms. The minimum Gasteiger partial charge on any atom is -0.411 e. The highest BCUT2D eigenvalue weighted by atomic mass is 32.2. The quantitative estimate of drug-likeness (QED) is 0.388. The van der Waals surface area contributed by atoms with Crippen LogP contribution in [0.1, 0.15) is 24.5 Å². The summed E-state index contributed by atoms with van der Waals surface area (Å²) in [5.41, 5.74) is 1.61. The van der Waals surface area contributed by atoms with Crippen LogP contribution in [0, 0.1) is 0 Å². The molecule has 1 N–H and O–H groups in total. The van der Waals surface area contributed by atoms with Gasteiger partial charge in [-0.2, -0.15) is 13.2 Å². The summed E-state index contributed by atoms with van der Waals surface area (Å²) in [6, 6.07) is 9.66. The van der Waals surface area contributed by atoms with E-state index in [-0.39, 0.29) is 6.54 Å². The van der Waals surface area contributed by atoms with Crippen molar-refractivity contribution in [3.63, 3.8) is 0 Å². The summed E-state index contributed by atoms with van der Waals surface area (Å²) in [6.07, 6.45) is -3.67. The summed E-state index contributed by atoms with van der Waals surface area (Å²) < 4.78 is 44.9. The van der Waals surface area contributed by atoms with Gasteiger partial charge in [0.15, 0.2) is 0 Å². The van der Waals surface area contributed by atoms with Gasteiger partial charge in [0.25, 0.3) is 0 Å². The predicted octanol–water partition coefficient (Wildman–Crippen LogP) is 5.21. The molecule has 1 unspecified atom stereocenters. The fraction of sp³-hybridized carbons (Fsp3) is 0.421. The summed E-state index contributed by atoms with van der Waals surface area (Å²) in [5, 5.41) is 14.0. The third-order valence-electron chi connectivity index (χ3n) is 4.85. The number of thiophene rings is 1. The fourth-order valence-corrected chi connectivity index (χ4v) is 5.35. The molecule has 0 radical (unpaired) electrons. The zero-order chi connectivity index (χ0) is 20.4. The highest BCUT2D eigenvalue weighted by Gasteiger charge is 2.43. The number of benzene rings is 1. The Morgan fingerprint density at radius 2 is 2.07 bits per heavy atom. The lowest BCUT2D eigenvalue weighted by Gasteiger charge is -2.27. The Morgan fingerprint density at radius 1 is 1.36 bits per heavy atom. The standard InChI is InChI=1S/C19H21F3N2O2S2/c1-13(23-25)14-3-5-16(6-4-14)28-17-9-15(10-27-17)18(26-2)7-8-24(11-18)12-19(20,21)22/h3-6,9-10,25H,7-8,11-12H2,1-2H3/b23-13+. The Hall–Kier alpha value is -1.55. The van der Waals surface area contributed by atoms with Crippen molar-refractivity contribution in [2.45, 2.75) is 34.2 Å². The van der Waals surface area contributed by atoms with Crippen molar-refractivity contribution in [2.24, 2.45) is 5.16 Å². The smallest absolute Gasteiger partial charge is 0.401 e. The summed E-state index contributed by atoms with van der Waals surface area (Å²) in [5.74, 6) is 0. The number of halogens is 3. The molecule has 2 heterocycles. The summed E-state index contributed by atoms with van der Waals surface area (Å²) >= 11 is 3.14. The molecule has 0 amide bonds. The zero-order valence-corrected chi connectivity index (χ0v) is 17.1. The van der Waals surface area contributed by atoms with Crippen LogP contribution >= 0.6 is 23.1 Å². The van der Waals surface area contributed by atoms with Gasteiger partial charge in [0.1, 0.15) is 5.60 Å². The maximum absolute atomic E-state index is 12.7. The normalized spacial score (nSPS) is 21.4. The highest BCUT2D eigenvalue weighted by Crippen LogP contribution is 2.42. The highest BCUT2D eigenvalue weighted by molar-refractivity contribution is 8.01. The number of likely N-dealkylation sites (tertiary alicyclic amines) is 1. The van der Waals surface area contributed by atoms with Crippen LogP contribution in [-0.4, -0.2) is 48.7 Å². The molecule has 1 aliphatic heterocycles. The first-order valence-corrected chi connectivity index (χ1v) is 10.3. The first-order chi connectivity index (χ1) is 13.2. The van der Waals surface area contributed by atoms with Crippen molar-refractivity contribution >= 4 is 28.8 Å². The van der Waals surface area contributed by atoms with Gasteiger partial charge in [-0.05, 0) is 48.1 Å². The lowest BCUT2D eigenvalue weighted by molar-refractivity contribution is -0.146. The van der Waals surface area contributed by atoms with Crippen molar-refractivity contribution in [3.8, 4) is 0 Å². The molecule has 1 fully saturated rings. The van der Waals surface area contributed by atoms with Gasteiger partial charge in [0, 0.05) is 25.1 Å². The third-order valence-corrected chi connectivity index (χ3v) is 6.93. The first-order valence-electron chi connectivity index (χ1n) is 8.65. The summed E-state index contributed by atoms with van der Waals surface area (Å²) in [4.78, 5) is 2.43. The van der Waals surface area contributed by atoms with E-state index < -0.39 is 18.3 Å². The van der Waals surface area contributed by atoms with Crippen LogP contribution in [0.2, 0.25) is 0 Å². The van der Waals surface area contributed by atoms with Gasteiger partial charge in [0.05, 0.1) is 16.5 Å². The molecule has 152 valence electrons. The number of alkyl halides is 3. The van der Waals surface area contributed by atoms with Crippen molar-refractivity contribution in [2.75, 3.05) is 26.7 Å². The van der Waals surface area contributed by atoms with E-state index in [9.17, 15) is 13.2 Å². The van der Waals surface area contributed by atoms with Crippen LogP contribution in [0.4, 0.5) is 13.2 Å². The molecule has 2 aromatic rings. The van der Waals surface area contributed by atoms with Gasteiger partial charge in [-0.15, -0.1) is 11.3 Å². The number of methoxy groups -OCH3 is 1. The Morgan fingerprint density at radius 3 is 2.68 bits per heavy atom. The molecular weight excluding hydrogens is 409 g/mol. The van der Waals surface area contributed by atoms with Crippen LogP contribution in [0.15, 0.2) is 50.0 Å². The summed E-state index contributed by atoms with van der Waals surface area (Å²) in [6.45, 7) is 1.41. The Labute approximate surface area is 170 Å². The van der Waals surface area contributed by atoms with Gasteiger partial charge >= 0.3 is 6.18 Å². The van der Waals surface area contributed by atoms with Crippen molar-refractivity contribution in [1.82, 2.24) is 4.90 Å². The van der Waals surface area contributed by atoms with E-state index in [0.717, 1.165) is 20.2 Å². The second kappa shape index (κ2) is 8.44. The van der Waals surface area contributed by atoms with Crippen LogP contribution in [0.5, 0.6) is 0 Å². The SMILES string of the molecule is COC1(c2csc(Sc3ccc(/C(C)=N/O)cc3)c2)CCN(CC(F)(F)F)C1. The van der Waals surface area contributed by atoms with Gasteiger partial charge in [-0.25, -0.2) is 0 Å². The van der Waals surface area contributed by atoms with E-state index >= 15 is 0 Å². The zero-order valence-electron chi connectivity index (χ0n) is 15.5. The molecule has 9 heteroatoms. The average molecular weight is 431 g/mol. The Balaban J connectivity index is 1.70. The molecule has 1 aromatic heterocycles. The molecule has 4 nitrogen and oxygen atoms in total. The van der Waals surface area contributed by atoms with Gasteiger partial charge in [-0.1, -0.05) is 29.1 Å². The third kappa shape index (κ3) is 4.89. The molecule has 28 heavy (non-hydrogen) atoms. The maximum Gasteiger partial charge on any atom is 0.401 e. The lowest BCUT2D eigenvalue weighted by Crippen LogP contribution is -2.37. The van der Waals surface area contributed by atoms with Gasteiger partial charge in [-0.3, -0.25) is 4.90 Å². The second-order valence-corrected chi connectivity index (χ2v) is 9.03. The fourth-order valence-electron chi connectivity index (χ4n) is 3.31. The molecule has 0 saturated carbocycles. The van der Waals surface area contributed by atoms with Crippen molar-refractivity contribution in [3.05, 3.63) is 46.8 Å². The molecule has 0 bridgehead atoms. The average Bonchev–Trinajstić information content (AvgIpc) is 3.28. The molecule has 1 atom stereocenters. The number of hydrogen-bond donors (Lipinski definition) is 1. The van der Waals surface area contributed by atoms with Crippen molar-refractivity contribution < 1.29 is 23.1 Å². The number of nitrogens with zero attached hydrogens (tertiary/aromatic N) is 2. The number of oxime groups is 1. The minimum atomic E-state index is -4.20. The van der Waals surface area contributed by atoms with Crippen LogP contribution in [0.25, 0.3) is 0 Å². The first kappa shape index (κ1) is 21.2. The van der Waals surface area contributed by atoms with E-state index in [2.05, 4.69) is 5.16 Å². The maximum atomic E-state index is 12.7. The van der Waals surface area contributed by atoms with E-state index in [1.54, 1.807) is 37.1 Å². The van der Waals surface area contributed by atoms with E-state index in [0.29, 0.717) is 18.7 Å². The molecule has 1 aromatic carbocycles. The Bertz CT molecular complexity index is 836. The summed E-state index contributed by atoms with van der Waals surface area (Å²) in [7, 11) is 1.56. The monoisotopic (exact) mass is 430 g/mol. The second-order valence-electron chi connectivity index (χ2n) is 6.74. The minimum absolute atomic E-state index is 0.234. The predicted molar refractivity (Wildman–Crippen MR) is 105 cm³/mol. The van der Waals surface area contributed by atoms with E-state index in [4.69, 9.17) is 9.94 Å². The molecule has 3 rings (SSSR count). The largest absolute Gasteiger partial charge is 0.411 e.